The maximum absolute atomic E-state index is 12.2. The number of amides is 1. The highest BCUT2D eigenvalue weighted by molar-refractivity contribution is 6.10. The second-order valence-electron chi connectivity index (χ2n) is 5.01. The molecule has 0 fully saturated rings. The van der Waals surface area contributed by atoms with Crippen LogP contribution in [0.3, 0.4) is 0 Å². The van der Waals surface area contributed by atoms with E-state index in [2.05, 4.69) is 5.32 Å². The fraction of sp³-hybridized carbons (Fsp3) is 0.176. The van der Waals surface area contributed by atoms with Gasteiger partial charge in [-0.05, 0) is 29.8 Å². The van der Waals surface area contributed by atoms with E-state index in [1.54, 1.807) is 24.3 Å². The van der Waals surface area contributed by atoms with E-state index in [4.69, 9.17) is 10.2 Å². The molecule has 3 N–H and O–H groups in total. The topological polar surface area (TPSA) is 86.6 Å². The zero-order chi connectivity index (χ0) is 16.1. The first kappa shape index (κ1) is 15.7. The molecule has 2 aromatic rings. The SMILES string of the molecule is CC(CO)c1ccc(NC(=O)c2ccccc2C(=O)O)cc1. The Bertz CT molecular complexity index is 679. The lowest BCUT2D eigenvalue weighted by molar-refractivity contribution is 0.0692. The molecule has 0 aromatic heterocycles. The van der Waals surface area contributed by atoms with Crippen molar-refractivity contribution in [2.75, 3.05) is 11.9 Å². The third-order valence-corrected chi connectivity index (χ3v) is 3.41. The average molecular weight is 299 g/mol. The van der Waals surface area contributed by atoms with E-state index >= 15 is 0 Å². The van der Waals surface area contributed by atoms with Crippen LogP contribution in [-0.4, -0.2) is 28.7 Å². The molecule has 114 valence electrons. The number of aromatic carboxylic acids is 1. The summed E-state index contributed by atoms with van der Waals surface area (Å²) in [5, 5.41) is 20.9. The Morgan fingerprint density at radius 3 is 2.18 bits per heavy atom. The minimum Gasteiger partial charge on any atom is -0.478 e. The first-order chi connectivity index (χ1) is 10.5. The van der Waals surface area contributed by atoms with Crippen molar-refractivity contribution in [3.63, 3.8) is 0 Å². The van der Waals surface area contributed by atoms with Crippen molar-refractivity contribution in [3.8, 4) is 0 Å². The molecule has 0 saturated heterocycles. The van der Waals surface area contributed by atoms with Crippen LogP contribution in [0.25, 0.3) is 0 Å². The zero-order valence-corrected chi connectivity index (χ0v) is 12.1. The first-order valence-corrected chi connectivity index (χ1v) is 6.87. The molecular weight excluding hydrogens is 282 g/mol. The first-order valence-electron chi connectivity index (χ1n) is 6.87. The third-order valence-electron chi connectivity index (χ3n) is 3.41. The second kappa shape index (κ2) is 6.87. The Hall–Kier alpha value is -2.66. The molecule has 1 atom stereocenters. The van der Waals surface area contributed by atoms with E-state index in [0.29, 0.717) is 5.69 Å². The number of rotatable bonds is 5. The molecule has 2 aromatic carbocycles. The van der Waals surface area contributed by atoms with E-state index in [-0.39, 0.29) is 23.7 Å². The van der Waals surface area contributed by atoms with Crippen molar-refractivity contribution >= 4 is 17.6 Å². The molecule has 5 heteroatoms. The molecule has 2 rings (SSSR count). The summed E-state index contributed by atoms with van der Waals surface area (Å²) in [6.07, 6.45) is 0. The number of aliphatic hydroxyl groups excluding tert-OH is 1. The fourth-order valence-corrected chi connectivity index (χ4v) is 2.07. The van der Waals surface area contributed by atoms with Gasteiger partial charge in [0, 0.05) is 18.2 Å². The molecule has 0 spiro atoms. The Morgan fingerprint density at radius 2 is 1.64 bits per heavy atom. The van der Waals surface area contributed by atoms with Crippen LogP contribution in [0.15, 0.2) is 48.5 Å². The standard InChI is InChI=1S/C17H17NO4/c1-11(10-19)12-6-8-13(9-7-12)18-16(20)14-4-2-3-5-15(14)17(21)22/h2-9,11,19H,10H2,1H3,(H,18,20)(H,21,22). The predicted octanol–water partition coefficient (Wildman–Crippen LogP) is 2.73. The van der Waals surface area contributed by atoms with Gasteiger partial charge in [0.15, 0.2) is 0 Å². The number of carbonyl (C=O) groups is 2. The Kier molecular flexibility index (Phi) is 4.91. The van der Waals surface area contributed by atoms with Crippen molar-refractivity contribution in [2.45, 2.75) is 12.8 Å². The number of anilines is 1. The molecule has 0 saturated carbocycles. The summed E-state index contributed by atoms with van der Waals surface area (Å²) >= 11 is 0. The van der Waals surface area contributed by atoms with Gasteiger partial charge in [-0.3, -0.25) is 4.79 Å². The van der Waals surface area contributed by atoms with Crippen LogP contribution in [0.5, 0.6) is 0 Å². The largest absolute Gasteiger partial charge is 0.478 e. The summed E-state index contributed by atoms with van der Waals surface area (Å²) in [6.45, 7) is 1.95. The van der Waals surface area contributed by atoms with Gasteiger partial charge in [0.2, 0.25) is 0 Å². The predicted molar refractivity (Wildman–Crippen MR) is 83.3 cm³/mol. The van der Waals surface area contributed by atoms with Crippen molar-refractivity contribution < 1.29 is 19.8 Å². The van der Waals surface area contributed by atoms with Gasteiger partial charge < -0.3 is 15.5 Å². The number of carboxylic acid groups (broad SMARTS) is 1. The minimum atomic E-state index is -1.14. The van der Waals surface area contributed by atoms with Crippen LogP contribution in [-0.2, 0) is 0 Å². The average Bonchev–Trinajstić information content (AvgIpc) is 2.54. The summed E-state index contributed by atoms with van der Waals surface area (Å²) in [5.74, 6) is -1.59. The van der Waals surface area contributed by atoms with Gasteiger partial charge in [0.1, 0.15) is 0 Å². The fourth-order valence-electron chi connectivity index (χ4n) is 2.07. The van der Waals surface area contributed by atoms with Crippen LogP contribution >= 0.6 is 0 Å². The van der Waals surface area contributed by atoms with E-state index < -0.39 is 11.9 Å². The van der Waals surface area contributed by atoms with Crippen molar-refractivity contribution in [3.05, 3.63) is 65.2 Å². The molecule has 5 nitrogen and oxygen atoms in total. The number of hydrogen-bond acceptors (Lipinski definition) is 3. The van der Waals surface area contributed by atoms with Crippen LogP contribution in [0.2, 0.25) is 0 Å². The molecule has 0 aliphatic rings. The van der Waals surface area contributed by atoms with Gasteiger partial charge in [-0.25, -0.2) is 4.79 Å². The maximum Gasteiger partial charge on any atom is 0.336 e. The molecule has 0 aliphatic heterocycles. The highest BCUT2D eigenvalue weighted by atomic mass is 16.4. The number of benzene rings is 2. The van der Waals surface area contributed by atoms with Gasteiger partial charge in [0.25, 0.3) is 5.91 Å². The molecule has 1 unspecified atom stereocenters. The highest BCUT2D eigenvalue weighted by Crippen LogP contribution is 2.18. The Labute approximate surface area is 128 Å². The normalized spacial score (nSPS) is 11.7. The molecule has 22 heavy (non-hydrogen) atoms. The molecule has 1 amide bonds. The lowest BCUT2D eigenvalue weighted by Gasteiger charge is -2.11. The summed E-state index contributed by atoms with van der Waals surface area (Å²) in [4.78, 5) is 23.3. The van der Waals surface area contributed by atoms with E-state index in [9.17, 15) is 9.59 Å². The van der Waals surface area contributed by atoms with E-state index in [1.807, 2.05) is 19.1 Å². The quantitative estimate of drug-likeness (QED) is 0.792. The number of nitrogens with one attached hydrogen (secondary N) is 1. The number of aliphatic hydroxyl groups is 1. The highest BCUT2D eigenvalue weighted by Gasteiger charge is 2.15. The monoisotopic (exact) mass is 299 g/mol. The van der Waals surface area contributed by atoms with Gasteiger partial charge in [-0.1, -0.05) is 31.2 Å². The smallest absolute Gasteiger partial charge is 0.336 e. The number of hydrogen-bond donors (Lipinski definition) is 3. The maximum atomic E-state index is 12.2. The molecular formula is C17H17NO4. The summed E-state index contributed by atoms with van der Waals surface area (Å²) < 4.78 is 0. The van der Waals surface area contributed by atoms with E-state index in [0.717, 1.165) is 5.56 Å². The minimum absolute atomic E-state index is 0.0255. The summed E-state index contributed by atoms with van der Waals surface area (Å²) in [6, 6.07) is 13.1. The molecule has 0 radical (unpaired) electrons. The Morgan fingerprint density at radius 1 is 1.05 bits per heavy atom. The summed E-state index contributed by atoms with van der Waals surface area (Å²) in [7, 11) is 0. The van der Waals surface area contributed by atoms with Crippen molar-refractivity contribution in [1.29, 1.82) is 0 Å². The lowest BCUT2D eigenvalue weighted by Crippen LogP contribution is -2.16. The van der Waals surface area contributed by atoms with Gasteiger partial charge >= 0.3 is 5.97 Å². The van der Waals surface area contributed by atoms with Gasteiger partial charge in [0.05, 0.1) is 11.1 Å². The lowest BCUT2D eigenvalue weighted by atomic mass is 10.0. The third kappa shape index (κ3) is 3.51. The number of carboxylic acids is 1. The second-order valence-corrected chi connectivity index (χ2v) is 5.01. The van der Waals surface area contributed by atoms with E-state index in [1.165, 1.54) is 12.1 Å². The Balaban J connectivity index is 2.17. The zero-order valence-electron chi connectivity index (χ0n) is 12.1. The van der Waals surface area contributed by atoms with Crippen LogP contribution in [0, 0.1) is 0 Å². The summed E-state index contributed by atoms with van der Waals surface area (Å²) in [5.41, 5.74) is 1.61. The molecule has 0 bridgehead atoms. The van der Waals surface area contributed by atoms with Crippen molar-refractivity contribution in [1.82, 2.24) is 0 Å². The molecule has 0 aliphatic carbocycles. The van der Waals surface area contributed by atoms with Gasteiger partial charge in [-0.15, -0.1) is 0 Å². The van der Waals surface area contributed by atoms with Crippen LogP contribution in [0.4, 0.5) is 5.69 Å². The van der Waals surface area contributed by atoms with Crippen LogP contribution < -0.4 is 5.32 Å². The van der Waals surface area contributed by atoms with Crippen molar-refractivity contribution in [2.24, 2.45) is 0 Å². The van der Waals surface area contributed by atoms with Gasteiger partial charge in [-0.2, -0.15) is 0 Å². The van der Waals surface area contributed by atoms with Crippen LogP contribution in [0.1, 0.15) is 39.1 Å². The molecule has 0 heterocycles. The number of carbonyl (C=O) groups excluding carboxylic acids is 1.